The molecule has 0 radical (unpaired) electrons. The Morgan fingerprint density at radius 2 is 2.09 bits per heavy atom. The topological polar surface area (TPSA) is 99.9 Å². The van der Waals surface area contributed by atoms with Gasteiger partial charge in [0.25, 0.3) is 5.91 Å². The van der Waals surface area contributed by atoms with E-state index in [1.807, 2.05) is 0 Å². The predicted octanol–water partition coefficient (Wildman–Crippen LogP) is 3.81. The zero-order valence-corrected chi connectivity index (χ0v) is 16.8. The van der Waals surface area contributed by atoms with Crippen molar-refractivity contribution in [1.29, 1.82) is 0 Å². The Bertz CT molecular complexity index is 1130. The molecular formula is C21H20F4N6O. The first kappa shape index (κ1) is 21.8. The number of piperidine rings is 1. The summed E-state index contributed by atoms with van der Waals surface area (Å²) in [5.74, 6) is -1.29. The highest BCUT2D eigenvalue weighted by molar-refractivity contribution is 6.04. The van der Waals surface area contributed by atoms with Crippen LogP contribution in [0.1, 0.15) is 29.0 Å². The quantitative estimate of drug-likeness (QED) is 0.527. The predicted molar refractivity (Wildman–Crippen MR) is 111 cm³/mol. The Morgan fingerprint density at radius 3 is 2.84 bits per heavy atom. The summed E-state index contributed by atoms with van der Waals surface area (Å²) in [6, 6.07) is 5.14. The van der Waals surface area contributed by atoms with Crippen molar-refractivity contribution in [2.75, 3.05) is 23.3 Å². The Balaban J connectivity index is 1.57. The Hall–Kier alpha value is -3.47. The van der Waals surface area contributed by atoms with Gasteiger partial charge in [0.15, 0.2) is 5.82 Å². The van der Waals surface area contributed by atoms with Gasteiger partial charge in [-0.2, -0.15) is 13.2 Å². The third-order valence-corrected chi connectivity index (χ3v) is 5.16. The molecule has 0 saturated carbocycles. The van der Waals surface area contributed by atoms with Crippen molar-refractivity contribution < 1.29 is 22.4 Å². The minimum atomic E-state index is -4.55. The minimum Gasteiger partial charge on any atom is -0.366 e. The number of halogens is 4. The van der Waals surface area contributed by atoms with Gasteiger partial charge in [-0.25, -0.2) is 9.37 Å². The number of hydrogen-bond acceptors (Lipinski definition) is 5. The lowest BCUT2D eigenvalue weighted by atomic mass is 10.1. The van der Waals surface area contributed by atoms with E-state index >= 15 is 0 Å². The number of alkyl halides is 3. The monoisotopic (exact) mass is 448 g/mol. The molecule has 1 saturated heterocycles. The second kappa shape index (κ2) is 8.58. The highest BCUT2D eigenvalue weighted by Crippen LogP contribution is 2.32. The maximum Gasteiger partial charge on any atom is 0.417 e. The smallest absolute Gasteiger partial charge is 0.366 e. The molecule has 1 fully saturated rings. The number of benzene rings is 1. The van der Waals surface area contributed by atoms with Crippen molar-refractivity contribution in [1.82, 2.24) is 15.0 Å². The Labute approximate surface area is 180 Å². The van der Waals surface area contributed by atoms with Crippen molar-refractivity contribution in [3.63, 3.8) is 0 Å². The molecule has 0 aliphatic carbocycles. The molecule has 4 N–H and O–H groups in total. The van der Waals surface area contributed by atoms with Crippen LogP contribution in [0.2, 0.25) is 0 Å². The first-order valence-electron chi connectivity index (χ1n) is 9.91. The molecule has 1 aliphatic rings. The fourth-order valence-corrected chi connectivity index (χ4v) is 3.65. The van der Waals surface area contributed by atoms with E-state index in [2.05, 4.69) is 20.3 Å². The highest BCUT2D eigenvalue weighted by atomic mass is 19.4. The van der Waals surface area contributed by atoms with E-state index in [1.54, 1.807) is 11.0 Å². The van der Waals surface area contributed by atoms with Gasteiger partial charge in [-0.15, -0.1) is 0 Å². The summed E-state index contributed by atoms with van der Waals surface area (Å²) in [6.07, 6.45) is 0.327. The number of nitrogens with one attached hydrogen (secondary N) is 2. The Kier molecular flexibility index (Phi) is 5.83. The van der Waals surface area contributed by atoms with Gasteiger partial charge in [0.2, 0.25) is 0 Å². The lowest BCUT2D eigenvalue weighted by Gasteiger charge is -2.34. The number of carbonyl (C=O) groups is 1. The van der Waals surface area contributed by atoms with Crippen LogP contribution in [0.3, 0.4) is 0 Å². The molecule has 2 aromatic heterocycles. The Morgan fingerprint density at radius 1 is 1.28 bits per heavy atom. The molecule has 4 rings (SSSR count). The maximum atomic E-state index is 14.6. The van der Waals surface area contributed by atoms with E-state index in [0.29, 0.717) is 19.3 Å². The zero-order valence-electron chi connectivity index (χ0n) is 16.8. The number of rotatable bonds is 4. The molecule has 0 spiro atoms. The molecule has 0 bridgehead atoms. The maximum absolute atomic E-state index is 14.6. The number of hydrogen-bond donors (Lipinski definition) is 3. The van der Waals surface area contributed by atoms with Crippen molar-refractivity contribution in [2.24, 2.45) is 5.73 Å². The first-order valence-corrected chi connectivity index (χ1v) is 9.91. The fourth-order valence-electron chi connectivity index (χ4n) is 3.65. The van der Waals surface area contributed by atoms with Crippen LogP contribution in [-0.2, 0) is 6.18 Å². The van der Waals surface area contributed by atoms with Gasteiger partial charge in [0.05, 0.1) is 22.6 Å². The summed E-state index contributed by atoms with van der Waals surface area (Å²) < 4.78 is 53.4. The minimum absolute atomic E-state index is 0.0967. The second-order valence-electron chi connectivity index (χ2n) is 7.53. The molecule has 3 aromatic rings. The third kappa shape index (κ3) is 4.57. The fraction of sp³-hybridized carbons (Fsp3) is 0.286. The highest BCUT2D eigenvalue weighted by Gasteiger charge is 2.31. The second-order valence-corrected chi connectivity index (χ2v) is 7.53. The van der Waals surface area contributed by atoms with Gasteiger partial charge in [-0.05, 0) is 31.0 Å². The first-order chi connectivity index (χ1) is 15.2. The van der Waals surface area contributed by atoms with Gasteiger partial charge >= 0.3 is 6.18 Å². The number of nitrogens with zero attached hydrogens (tertiary/aromatic N) is 3. The van der Waals surface area contributed by atoms with E-state index < -0.39 is 23.5 Å². The summed E-state index contributed by atoms with van der Waals surface area (Å²) in [7, 11) is 0. The van der Waals surface area contributed by atoms with E-state index in [0.717, 1.165) is 18.9 Å². The number of aromatic nitrogens is 3. The number of H-pyrrole nitrogens is 1. The van der Waals surface area contributed by atoms with Gasteiger partial charge in [0, 0.05) is 43.3 Å². The van der Waals surface area contributed by atoms with Crippen LogP contribution >= 0.6 is 0 Å². The van der Waals surface area contributed by atoms with Crippen LogP contribution in [0.4, 0.5) is 28.9 Å². The number of carbonyl (C=O) groups excluding carboxylic acids is 1. The molecule has 1 amide bonds. The summed E-state index contributed by atoms with van der Waals surface area (Å²) >= 11 is 0. The van der Waals surface area contributed by atoms with Gasteiger partial charge in [-0.1, -0.05) is 6.07 Å². The van der Waals surface area contributed by atoms with E-state index in [4.69, 9.17) is 5.73 Å². The number of para-hydroxylation sites is 1. The van der Waals surface area contributed by atoms with Crippen LogP contribution in [0.25, 0.3) is 11.3 Å². The molecule has 1 aromatic carbocycles. The molecular weight excluding hydrogens is 428 g/mol. The SMILES string of the molecule is N[C@@H]1CCCN(c2c(F)cccc2NC(=O)c2nc(-c3cncc(C(F)(F)F)c3)c[nH]2)C1. The molecule has 1 aliphatic heterocycles. The molecule has 1 atom stereocenters. The number of anilines is 2. The van der Waals surface area contributed by atoms with Crippen molar-refractivity contribution in [3.05, 3.63) is 60.1 Å². The molecule has 7 nitrogen and oxygen atoms in total. The van der Waals surface area contributed by atoms with E-state index in [-0.39, 0.29) is 34.5 Å². The van der Waals surface area contributed by atoms with Gasteiger partial charge < -0.3 is 20.9 Å². The molecule has 3 heterocycles. The molecule has 168 valence electrons. The summed E-state index contributed by atoms with van der Waals surface area (Å²) in [5, 5.41) is 2.63. The number of imidazole rings is 1. The summed E-state index contributed by atoms with van der Waals surface area (Å²) in [4.78, 5) is 24.8. The van der Waals surface area contributed by atoms with Crippen molar-refractivity contribution in [3.8, 4) is 11.3 Å². The lowest BCUT2D eigenvalue weighted by molar-refractivity contribution is -0.137. The van der Waals surface area contributed by atoms with Crippen LogP contribution in [0.15, 0.2) is 42.9 Å². The molecule has 11 heteroatoms. The average molecular weight is 448 g/mol. The molecule has 0 unspecified atom stereocenters. The van der Waals surface area contributed by atoms with Gasteiger partial charge in [0.1, 0.15) is 5.82 Å². The third-order valence-electron chi connectivity index (χ3n) is 5.16. The standard InChI is InChI=1S/C21H20F4N6O/c22-15-4-1-5-16(18(15)31-6-2-3-14(26)11-31)30-20(32)19-28-10-17(29-19)12-7-13(9-27-8-12)21(23,24)25/h1,4-5,7-10,14H,2-3,6,11,26H2,(H,28,29)(H,30,32)/t14-/m1/s1. The summed E-state index contributed by atoms with van der Waals surface area (Å²) in [6.45, 7) is 1.06. The number of amides is 1. The largest absolute Gasteiger partial charge is 0.417 e. The van der Waals surface area contributed by atoms with E-state index in [1.165, 1.54) is 24.5 Å². The number of aromatic amines is 1. The van der Waals surface area contributed by atoms with Gasteiger partial charge in [-0.3, -0.25) is 9.78 Å². The number of pyridine rings is 1. The van der Waals surface area contributed by atoms with Crippen LogP contribution < -0.4 is 16.0 Å². The van der Waals surface area contributed by atoms with Crippen LogP contribution in [0.5, 0.6) is 0 Å². The lowest BCUT2D eigenvalue weighted by Crippen LogP contribution is -2.43. The van der Waals surface area contributed by atoms with Crippen molar-refractivity contribution in [2.45, 2.75) is 25.1 Å². The van der Waals surface area contributed by atoms with Crippen LogP contribution in [0, 0.1) is 5.82 Å². The van der Waals surface area contributed by atoms with Crippen LogP contribution in [-0.4, -0.2) is 40.0 Å². The van der Waals surface area contributed by atoms with Crippen molar-refractivity contribution >= 4 is 17.3 Å². The summed E-state index contributed by atoms with van der Waals surface area (Å²) in [5.41, 5.74) is 5.80. The average Bonchev–Trinajstić information content (AvgIpc) is 3.24. The zero-order chi connectivity index (χ0) is 22.9. The number of nitrogens with two attached hydrogens (primary N) is 1. The van der Waals surface area contributed by atoms with E-state index in [9.17, 15) is 22.4 Å². The molecule has 32 heavy (non-hydrogen) atoms. The normalized spacial score (nSPS) is 16.8.